The van der Waals surface area contributed by atoms with Crippen molar-refractivity contribution in [3.05, 3.63) is 35.9 Å². The number of rotatable bonds is 2. The number of hydrogen-bond acceptors (Lipinski definition) is 2. The van der Waals surface area contributed by atoms with Gasteiger partial charge in [-0.15, -0.1) is 0 Å². The Bertz CT molecular complexity index is 304. The maximum Gasteiger partial charge on any atom is 0.103 e. The topological polar surface area (TPSA) is 15.6 Å². The fourth-order valence-electron chi connectivity index (χ4n) is 1.55. The van der Waals surface area contributed by atoms with E-state index in [2.05, 4.69) is 41.2 Å². The van der Waals surface area contributed by atoms with Gasteiger partial charge < -0.3 is 4.90 Å². The second-order valence-electron chi connectivity index (χ2n) is 3.38. The molecule has 2 nitrogen and oxygen atoms in total. The quantitative estimate of drug-likeness (QED) is 0.723. The number of hydrogen-bond donors (Lipinski definition) is 0. The van der Waals surface area contributed by atoms with Gasteiger partial charge in [-0.05, 0) is 5.56 Å². The third-order valence-electron chi connectivity index (χ3n) is 2.38. The molecule has 1 aromatic carbocycles. The minimum atomic E-state index is 0.957. The van der Waals surface area contributed by atoms with Crippen molar-refractivity contribution in [1.82, 2.24) is 4.90 Å². The molecular formula is C13H20N2. The minimum absolute atomic E-state index is 0.957. The molecular weight excluding hydrogens is 184 g/mol. The van der Waals surface area contributed by atoms with Crippen molar-refractivity contribution in [2.45, 2.75) is 20.3 Å². The van der Waals surface area contributed by atoms with Crippen LogP contribution in [0.5, 0.6) is 0 Å². The van der Waals surface area contributed by atoms with Gasteiger partial charge in [0.25, 0.3) is 0 Å². The summed E-state index contributed by atoms with van der Waals surface area (Å²) < 4.78 is 0. The van der Waals surface area contributed by atoms with Gasteiger partial charge >= 0.3 is 0 Å². The van der Waals surface area contributed by atoms with Crippen LogP contribution in [-0.2, 0) is 6.42 Å². The number of benzene rings is 1. The smallest absolute Gasteiger partial charge is 0.103 e. The van der Waals surface area contributed by atoms with Crippen molar-refractivity contribution in [3.8, 4) is 0 Å². The number of nitrogens with zero attached hydrogens (tertiary/aromatic N) is 2. The van der Waals surface area contributed by atoms with Crippen LogP contribution in [0.2, 0.25) is 0 Å². The summed E-state index contributed by atoms with van der Waals surface area (Å²) >= 11 is 0. The third kappa shape index (κ3) is 3.39. The third-order valence-corrected chi connectivity index (χ3v) is 2.38. The Morgan fingerprint density at radius 3 is 2.40 bits per heavy atom. The van der Waals surface area contributed by atoms with Gasteiger partial charge in [-0.2, -0.15) is 0 Å². The lowest BCUT2D eigenvalue weighted by molar-refractivity contribution is 0.548. The first-order valence-electron chi connectivity index (χ1n) is 5.64. The highest BCUT2D eigenvalue weighted by Gasteiger charge is 2.11. The first-order chi connectivity index (χ1) is 7.36. The van der Waals surface area contributed by atoms with Gasteiger partial charge in [-0.1, -0.05) is 44.2 Å². The van der Waals surface area contributed by atoms with Crippen LogP contribution in [-0.4, -0.2) is 30.9 Å². The number of likely N-dealkylation sites (N-methyl/N-ethyl adjacent to an activating group) is 1. The molecule has 0 N–H and O–H groups in total. The van der Waals surface area contributed by atoms with E-state index in [1.54, 1.807) is 0 Å². The van der Waals surface area contributed by atoms with Crippen LogP contribution in [0.15, 0.2) is 35.3 Å². The lowest BCUT2D eigenvalue weighted by Gasteiger charge is -2.13. The highest BCUT2D eigenvalue weighted by Crippen LogP contribution is 2.06. The lowest BCUT2D eigenvalue weighted by atomic mass is 10.1. The summed E-state index contributed by atoms with van der Waals surface area (Å²) in [6.07, 6.45) is 0.970. The van der Waals surface area contributed by atoms with Gasteiger partial charge in [-0.3, -0.25) is 4.99 Å². The summed E-state index contributed by atoms with van der Waals surface area (Å²) in [6, 6.07) is 10.5. The van der Waals surface area contributed by atoms with Crippen LogP contribution < -0.4 is 0 Å². The van der Waals surface area contributed by atoms with Crippen LogP contribution in [0.25, 0.3) is 0 Å². The van der Waals surface area contributed by atoms with Crippen LogP contribution in [0.4, 0.5) is 0 Å². The van der Waals surface area contributed by atoms with Gasteiger partial charge in [0.15, 0.2) is 0 Å². The Morgan fingerprint density at radius 2 is 1.87 bits per heavy atom. The molecule has 1 aliphatic rings. The standard InChI is InChI=1S/C11H14N2.C2H6/c1-13-8-7-12-11(13)9-10-5-3-2-4-6-10;1-2/h2-6H,7-9H2,1H3;1-2H3. The Labute approximate surface area is 92.6 Å². The largest absolute Gasteiger partial charge is 0.361 e. The van der Waals surface area contributed by atoms with E-state index in [0.717, 1.165) is 19.5 Å². The SMILES string of the molecule is CC.CN1CCN=C1Cc1ccccc1. The van der Waals surface area contributed by atoms with Crippen molar-refractivity contribution >= 4 is 5.84 Å². The first-order valence-corrected chi connectivity index (χ1v) is 5.64. The zero-order chi connectivity index (χ0) is 11.1. The summed E-state index contributed by atoms with van der Waals surface area (Å²) in [5.74, 6) is 1.21. The van der Waals surface area contributed by atoms with E-state index in [0.29, 0.717) is 0 Å². The van der Waals surface area contributed by atoms with Crippen LogP contribution in [0, 0.1) is 0 Å². The predicted octanol–water partition coefficient (Wildman–Crippen LogP) is 2.60. The van der Waals surface area contributed by atoms with E-state index in [1.165, 1.54) is 11.4 Å². The van der Waals surface area contributed by atoms with E-state index in [9.17, 15) is 0 Å². The van der Waals surface area contributed by atoms with Gasteiger partial charge in [0, 0.05) is 20.0 Å². The summed E-state index contributed by atoms with van der Waals surface area (Å²) in [4.78, 5) is 6.68. The molecule has 2 rings (SSSR count). The van der Waals surface area contributed by atoms with E-state index in [4.69, 9.17) is 0 Å². The molecule has 15 heavy (non-hydrogen) atoms. The molecule has 0 saturated heterocycles. The van der Waals surface area contributed by atoms with Crippen molar-refractivity contribution in [3.63, 3.8) is 0 Å². The molecule has 1 aliphatic heterocycles. The van der Waals surface area contributed by atoms with Crippen molar-refractivity contribution in [2.75, 3.05) is 20.1 Å². The monoisotopic (exact) mass is 204 g/mol. The second-order valence-corrected chi connectivity index (χ2v) is 3.38. The zero-order valence-electron chi connectivity index (χ0n) is 9.90. The summed E-state index contributed by atoms with van der Waals surface area (Å²) in [7, 11) is 2.11. The van der Waals surface area contributed by atoms with Crippen molar-refractivity contribution in [1.29, 1.82) is 0 Å². The fraction of sp³-hybridized carbons (Fsp3) is 0.462. The van der Waals surface area contributed by atoms with Gasteiger partial charge in [0.2, 0.25) is 0 Å². The molecule has 2 heteroatoms. The maximum absolute atomic E-state index is 4.45. The van der Waals surface area contributed by atoms with E-state index < -0.39 is 0 Å². The lowest BCUT2D eigenvalue weighted by Crippen LogP contribution is -2.24. The molecule has 0 unspecified atom stereocenters. The normalized spacial score (nSPS) is 14.3. The minimum Gasteiger partial charge on any atom is -0.361 e. The van der Waals surface area contributed by atoms with Gasteiger partial charge in [0.05, 0.1) is 6.54 Å². The Hall–Kier alpha value is -1.31. The fourth-order valence-corrected chi connectivity index (χ4v) is 1.55. The molecule has 82 valence electrons. The summed E-state index contributed by atoms with van der Waals surface area (Å²) in [5.41, 5.74) is 1.34. The van der Waals surface area contributed by atoms with Gasteiger partial charge in [-0.25, -0.2) is 0 Å². The zero-order valence-corrected chi connectivity index (χ0v) is 9.90. The summed E-state index contributed by atoms with van der Waals surface area (Å²) in [6.45, 7) is 6.03. The molecule has 0 spiro atoms. The van der Waals surface area contributed by atoms with E-state index >= 15 is 0 Å². The van der Waals surface area contributed by atoms with Crippen molar-refractivity contribution in [2.24, 2.45) is 4.99 Å². The van der Waals surface area contributed by atoms with E-state index in [-0.39, 0.29) is 0 Å². The number of amidine groups is 1. The van der Waals surface area contributed by atoms with Gasteiger partial charge in [0.1, 0.15) is 5.84 Å². The Morgan fingerprint density at radius 1 is 1.20 bits per heavy atom. The highest BCUT2D eigenvalue weighted by molar-refractivity contribution is 5.85. The molecule has 0 aromatic heterocycles. The average molecular weight is 204 g/mol. The van der Waals surface area contributed by atoms with Crippen LogP contribution >= 0.6 is 0 Å². The van der Waals surface area contributed by atoms with E-state index in [1.807, 2.05) is 19.9 Å². The Balaban J connectivity index is 0.000000531. The molecule has 0 atom stereocenters. The molecule has 1 heterocycles. The number of aliphatic imine (C=N–C) groups is 1. The Kier molecular flexibility index (Phi) is 4.88. The molecule has 0 amide bonds. The van der Waals surface area contributed by atoms with Crippen LogP contribution in [0.1, 0.15) is 19.4 Å². The molecule has 0 radical (unpaired) electrons. The molecule has 1 aromatic rings. The molecule has 0 saturated carbocycles. The second kappa shape index (κ2) is 6.23. The maximum atomic E-state index is 4.45. The molecule has 0 fully saturated rings. The summed E-state index contributed by atoms with van der Waals surface area (Å²) in [5, 5.41) is 0. The average Bonchev–Trinajstić information content (AvgIpc) is 2.69. The first kappa shape index (κ1) is 11.8. The molecule has 0 aliphatic carbocycles. The predicted molar refractivity (Wildman–Crippen MR) is 66.4 cm³/mol. The highest BCUT2D eigenvalue weighted by atomic mass is 15.2. The van der Waals surface area contributed by atoms with Crippen molar-refractivity contribution < 1.29 is 0 Å². The van der Waals surface area contributed by atoms with Crippen LogP contribution in [0.3, 0.4) is 0 Å². The molecule has 0 bridgehead atoms.